The predicted molar refractivity (Wildman–Crippen MR) is 98.7 cm³/mol. The minimum absolute atomic E-state index is 0.172. The number of anilines is 1. The van der Waals surface area contributed by atoms with Gasteiger partial charge in [0.15, 0.2) is 0 Å². The summed E-state index contributed by atoms with van der Waals surface area (Å²) in [6.45, 7) is 0. The van der Waals surface area contributed by atoms with Crippen molar-refractivity contribution < 1.29 is 8.42 Å². The highest BCUT2D eigenvalue weighted by Gasteiger charge is 2.19. The van der Waals surface area contributed by atoms with E-state index in [1.165, 1.54) is 15.2 Å². The molecule has 0 aliphatic heterocycles. The standard InChI is InChI=1S/C13H11Br2N3O3S2/c1-17-9-5-7(14)8(6-10(9)18(2)13(17)19)16-23(20,21)12-4-3-11(15)22-12/h3-6,16H,1-2H3. The number of nitrogens with zero attached hydrogens (tertiary/aromatic N) is 2. The molecule has 0 atom stereocenters. The molecule has 1 aromatic carbocycles. The number of halogens is 2. The molecule has 0 bridgehead atoms. The Hall–Kier alpha value is -1.10. The second-order valence-corrected chi connectivity index (χ2v) is 10.1. The first-order chi connectivity index (χ1) is 10.7. The zero-order valence-electron chi connectivity index (χ0n) is 12.0. The molecule has 122 valence electrons. The molecule has 0 saturated heterocycles. The van der Waals surface area contributed by atoms with Crippen molar-refractivity contribution >= 4 is 69.9 Å². The third-order valence-corrected chi connectivity index (χ3v) is 7.56. The van der Waals surface area contributed by atoms with Crippen molar-refractivity contribution in [1.29, 1.82) is 0 Å². The SMILES string of the molecule is Cn1c(=O)n(C)c2cc(NS(=O)(=O)c3ccc(Br)s3)c(Br)cc21. The van der Waals surface area contributed by atoms with Gasteiger partial charge >= 0.3 is 5.69 Å². The minimum Gasteiger partial charge on any atom is -0.295 e. The minimum atomic E-state index is -3.69. The van der Waals surface area contributed by atoms with E-state index in [2.05, 4.69) is 36.6 Å². The molecular formula is C13H11Br2N3O3S2. The fraction of sp³-hybridized carbons (Fsp3) is 0.154. The van der Waals surface area contributed by atoms with Crippen molar-refractivity contribution in [3.05, 3.63) is 43.0 Å². The smallest absolute Gasteiger partial charge is 0.295 e. The Labute approximate surface area is 153 Å². The van der Waals surface area contributed by atoms with E-state index in [1.807, 2.05) is 0 Å². The highest BCUT2D eigenvalue weighted by molar-refractivity contribution is 9.11. The number of hydrogen-bond acceptors (Lipinski definition) is 4. The topological polar surface area (TPSA) is 73.1 Å². The second kappa shape index (κ2) is 5.76. The largest absolute Gasteiger partial charge is 0.328 e. The van der Waals surface area contributed by atoms with E-state index in [1.54, 1.807) is 32.3 Å². The van der Waals surface area contributed by atoms with Crippen LogP contribution in [0, 0.1) is 0 Å². The molecule has 0 radical (unpaired) electrons. The summed E-state index contributed by atoms with van der Waals surface area (Å²) in [6, 6.07) is 6.57. The molecule has 6 nitrogen and oxygen atoms in total. The summed E-state index contributed by atoms with van der Waals surface area (Å²) < 4.78 is 31.9. The Morgan fingerprint density at radius 3 is 2.26 bits per heavy atom. The van der Waals surface area contributed by atoms with Crippen LogP contribution in [-0.4, -0.2) is 17.6 Å². The Balaban J connectivity index is 2.12. The lowest BCUT2D eigenvalue weighted by Gasteiger charge is -2.09. The number of benzene rings is 1. The number of thiophene rings is 1. The molecule has 1 N–H and O–H groups in total. The second-order valence-electron chi connectivity index (χ2n) is 4.89. The molecule has 23 heavy (non-hydrogen) atoms. The highest BCUT2D eigenvalue weighted by atomic mass is 79.9. The van der Waals surface area contributed by atoms with Crippen molar-refractivity contribution in [2.75, 3.05) is 4.72 Å². The molecule has 0 fully saturated rings. The summed E-state index contributed by atoms with van der Waals surface area (Å²) >= 11 is 7.74. The van der Waals surface area contributed by atoms with Crippen LogP contribution in [0.3, 0.4) is 0 Å². The van der Waals surface area contributed by atoms with Crippen LogP contribution in [0.5, 0.6) is 0 Å². The van der Waals surface area contributed by atoms with Gasteiger partial charge in [0.25, 0.3) is 10.0 Å². The van der Waals surface area contributed by atoms with Gasteiger partial charge in [-0.2, -0.15) is 0 Å². The lowest BCUT2D eigenvalue weighted by molar-refractivity contribution is 0.603. The molecule has 0 saturated carbocycles. The van der Waals surface area contributed by atoms with Gasteiger partial charge in [-0.1, -0.05) is 0 Å². The van der Waals surface area contributed by atoms with Gasteiger partial charge < -0.3 is 0 Å². The molecule has 0 aliphatic rings. The maximum Gasteiger partial charge on any atom is 0.328 e. The fourth-order valence-corrected chi connectivity index (χ4v) is 5.88. The maximum absolute atomic E-state index is 12.4. The summed E-state index contributed by atoms with van der Waals surface area (Å²) in [4.78, 5) is 12.0. The third kappa shape index (κ3) is 2.88. The third-order valence-electron chi connectivity index (χ3n) is 3.42. The number of imidazole rings is 1. The summed E-state index contributed by atoms with van der Waals surface area (Å²) in [5.41, 5.74) is 1.56. The van der Waals surface area contributed by atoms with E-state index >= 15 is 0 Å². The van der Waals surface area contributed by atoms with E-state index < -0.39 is 10.0 Å². The molecular weight excluding hydrogens is 470 g/mol. The molecule has 2 aromatic heterocycles. The highest BCUT2D eigenvalue weighted by Crippen LogP contribution is 2.32. The van der Waals surface area contributed by atoms with Crippen LogP contribution in [0.1, 0.15) is 0 Å². The molecule has 3 rings (SSSR count). The van der Waals surface area contributed by atoms with Crippen LogP contribution in [0.25, 0.3) is 11.0 Å². The van der Waals surface area contributed by atoms with Gasteiger partial charge in [-0.05, 0) is 56.1 Å². The van der Waals surface area contributed by atoms with E-state index in [0.717, 1.165) is 15.1 Å². The van der Waals surface area contributed by atoms with Crippen LogP contribution < -0.4 is 10.4 Å². The van der Waals surface area contributed by atoms with Crippen molar-refractivity contribution in [3.63, 3.8) is 0 Å². The maximum atomic E-state index is 12.4. The first-order valence-corrected chi connectivity index (χ1v) is 10.2. The average Bonchev–Trinajstić information content (AvgIpc) is 3.00. The number of nitrogens with one attached hydrogen (secondary N) is 1. The molecule has 0 unspecified atom stereocenters. The van der Waals surface area contributed by atoms with E-state index in [0.29, 0.717) is 21.2 Å². The van der Waals surface area contributed by atoms with Crippen molar-refractivity contribution in [3.8, 4) is 0 Å². The first kappa shape index (κ1) is 16.7. The Morgan fingerprint density at radius 1 is 1.09 bits per heavy atom. The number of aromatic nitrogens is 2. The lowest BCUT2D eigenvalue weighted by Crippen LogP contribution is -2.19. The van der Waals surface area contributed by atoms with Gasteiger partial charge in [0, 0.05) is 18.6 Å². The molecule has 2 heterocycles. The van der Waals surface area contributed by atoms with Crippen molar-refractivity contribution in [2.45, 2.75) is 4.21 Å². The van der Waals surface area contributed by atoms with Gasteiger partial charge in [0.05, 0.1) is 20.5 Å². The number of hydrogen-bond donors (Lipinski definition) is 1. The van der Waals surface area contributed by atoms with Crippen molar-refractivity contribution in [2.24, 2.45) is 14.1 Å². The van der Waals surface area contributed by atoms with E-state index in [-0.39, 0.29) is 9.90 Å². The molecule has 0 spiro atoms. The molecule has 0 amide bonds. The van der Waals surface area contributed by atoms with E-state index in [4.69, 9.17) is 0 Å². The molecule has 3 aromatic rings. The average molecular weight is 481 g/mol. The fourth-order valence-electron chi connectivity index (χ4n) is 2.24. The van der Waals surface area contributed by atoms with Crippen LogP contribution in [0.2, 0.25) is 0 Å². The van der Waals surface area contributed by atoms with Crippen LogP contribution in [-0.2, 0) is 24.1 Å². The summed E-state index contributed by atoms with van der Waals surface area (Å²) in [7, 11) is -0.369. The predicted octanol–water partition coefficient (Wildman–Crippen LogP) is 3.26. The zero-order valence-corrected chi connectivity index (χ0v) is 16.8. The first-order valence-electron chi connectivity index (χ1n) is 6.34. The Morgan fingerprint density at radius 2 is 1.70 bits per heavy atom. The normalized spacial score (nSPS) is 12.0. The Bertz CT molecular complexity index is 1080. The van der Waals surface area contributed by atoms with Crippen LogP contribution in [0.15, 0.2) is 41.5 Å². The quantitative estimate of drug-likeness (QED) is 0.625. The summed E-state index contributed by atoms with van der Waals surface area (Å²) in [6.07, 6.45) is 0. The number of aryl methyl sites for hydroxylation is 2. The number of fused-ring (bicyclic) bond motifs is 1. The Kier molecular flexibility index (Phi) is 4.20. The lowest BCUT2D eigenvalue weighted by atomic mass is 10.3. The summed E-state index contributed by atoms with van der Waals surface area (Å²) in [5, 5.41) is 0. The number of rotatable bonds is 3. The van der Waals surface area contributed by atoms with Crippen LogP contribution >= 0.6 is 43.2 Å². The zero-order chi connectivity index (χ0) is 16.9. The van der Waals surface area contributed by atoms with Gasteiger partial charge in [0.2, 0.25) is 0 Å². The van der Waals surface area contributed by atoms with E-state index in [9.17, 15) is 13.2 Å². The van der Waals surface area contributed by atoms with Crippen molar-refractivity contribution in [1.82, 2.24) is 9.13 Å². The van der Waals surface area contributed by atoms with Gasteiger partial charge in [0.1, 0.15) is 4.21 Å². The summed E-state index contributed by atoms with van der Waals surface area (Å²) in [5.74, 6) is 0. The van der Waals surface area contributed by atoms with Gasteiger partial charge in [-0.15, -0.1) is 11.3 Å². The van der Waals surface area contributed by atoms with Crippen LogP contribution in [0.4, 0.5) is 5.69 Å². The monoisotopic (exact) mass is 479 g/mol. The molecule has 10 heteroatoms. The molecule has 0 aliphatic carbocycles. The number of sulfonamides is 1. The van der Waals surface area contributed by atoms with Gasteiger partial charge in [-0.25, -0.2) is 13.2 Å². The van der Waals surface area contributed by atoms with Gasteiger partial charge in [-0.3, -0.25) is 13.9 Å².